The summed E-state index contributed by atoms with van der Waals surface area (Å²) in [6.07, 6.45) is 2.98. The van der Waals surface area contributed by atoms with Gasteiger partial charge in [-0.1, -0.05) is 27.7 Å². The number of carbonyl (C=O) groups is 1. The molecular formula is C17H23N3O4. The minimum absolute atomic E-state index is 0.168. The second kappa shape index (κ2) is 6.98. The van der Waals surface area contributed by atoms with E-state index in [1.807, 2.05) is 13.8 Å². The first-order chi connectivity index (χ1) is 11.2. The molecule has 0 saturated heterocycles. The average molecular weight is 333 g/mol. The number of aromatic nitrogens is 3. The van der Waals surface area contributed by atoms with Gasteiger partial charge in [0.25, 0.3) is 5.56 Å². The van der Waals surface area contributed by atoms with Gasteiger partial charge in [-0.15, -0.1) is 0 Å². The van der Waals surface area contributed by atoms with Crippen LogP contribution in [-0.4, -0.2) is 27.1 Å². The van der Waals surface area contributed by atoms with E-state index in [0.29, 0.717) is 16.5 Å². The first kappa shape index (κ1) is 17.9. The van der Waals surface area contributed by atoms with Crippen molar-refractivity contribution in [1.82, 2.24) is 14.5 Å². The summed E-state index contributed by atoms with van der Waals surface area (Å²) in [5.41, 5.74) is -0.145. The van der Waals surface area contributed by atoms with Gasteiger partial charge in [-0.3, -0.25) is 9.78 Å². The van der Waals surface area contributed by atoms with Crippen molar-refractivity contribution in [3.63, 3.8) is 0 Å². The van der Waals surface area contributed by atoms with Crippen LogP contribution < -0.4 is 11.2 Å². The van der Waals surface area contributed by atoms with Crippen LogP contribution >= 0.6 is 0 Å². The maximum atomic E-state index is 12.9. The van der Waals surface area contributed by atoms with Crippen LogP contribution in [0.1, 0.15) is 39.3 Å². The molecule has 130 valence electrons. The monoisotopic (exact) mass is 333 g/mol. The molecule has 0 spiro atoms. The van der Waals surface area contributed by atoms with Gasteiger partial charge in [0.05, 0.1) is 23.7 Å². The van der Waals surface area contributed by atoms with E-state index in [-0.39, 0.29) is 18.4 Å². The standard InChI is InChI=1S/C17H23N3O4/c1-9(2)8-24-16(22)14(10(3)4)20-15(21)13-11(5)6-18-7-12(13)19-17(20)23/h6-7,9-10,14H,8H2,1-5H3,(H,19,23)/t14-/m0/s1. The number of fused-ring (bicyclic) bond motifs is 1. The molecule has 2 aromatic heterocycles. The Labute approximate surface area is 139 Å². The van der Waals surface area contributed by atoms with E-state index in [2.05, 4.69) is 9.97 Å². The Kier molecular flexibility index (Phi) is 5.21. The largest absolute Gasteiger partial charge is 0.464 e. The van der Waals surface area contributed by atoms with Crippen molar-refractivity contribution in [2.24, 2.45) is 11.8 Å². The predicted molar refractivity (Wildman–Crippen MR) is 91.0 cm³/mol. The van der Waals surface area contributed by atoms with E-state index in [1.54, 1.807) is 27.0 Å². The zero-order chi connectivity index (χ0) is 18.0. The van der Waals surface area contributed by atoms with Crippen molar-refractivity contribution in [2.75, 3.05) is 6.61 Å². The molecule has 0 saturated carbocycles. The summed E-state index contributed by atoms with van der Waals surface area (Å²) in [5, 5.41) is 0.354. The number of pyridine rings is 1. The molecule has 1 atom stereocenters. The smallest absolute Gasteiger partial charge is 0.329 e. The molecule has 0 aliphatic rings. The maximum absolute atomic E-state index is 12.9. The fourth-order valence-corrected chi connectivity index (χ4v) is 2.59. The van der Waals surface area contributed by atoms with Crippen LogP contribution in [0, 0.1) is 18.8 Å². The highest BCUT2D eigenvalue weighted by molar-refractivity contribution is 5.80. The van der Waals surface area contributed by atoms with Gasteiger partial charge >= 0.3 is 11.7 Å². The molecule has 0 aliphatic carbocycles. The van der Waals surface area contributed by atoms with Crippen LogP contribution in [-0.2, 0) is 9.53 Å². The number of carbonyl (C=O) groups excluding carboxylic acids is 1. The highest BCUT2D eigenvalue weighted by Crippen LogP contribution is 2.18. The fourth-order valence-electron chi connectivity index (χ4n) is 2.59. The number of H-pyrrole nitrogens is 1. The van der Waals surface area contributed by atoms with Crippen molar-refractivity contribution < 1.29 is 9.53 Å². The summed E-state index contributed by atoms with van der Waals surface area (Å²) < 4.78 is 6.23. The molecule has 7 nitrogen and oxygen atoms in total. The van der Waals surface area contributed by atoms with Crippen molar-refractivity contribution >= 4 is 16.9 Å². The van der Waals surface area contributed by atoms with Gasteiger partial charge in [0, 0.05) is 6.20 Å². The first-order valence-electron chi connectivity index (χ1n) is 7.99. The molecule has 2 heterocycles. The third-order valence-corrected chi connectivity index (χ3v) is 3.74. The average Bonchev–Trinajstić information content (AvgIpc) is 2.48. The fraction of sp³-hybridized carbons (Fsp3) is 0.529. The number of nitrogens with zero attached hydrogens (tertiary/aromatic N) is 2. The number of hydrogen-bond donors (Lipinski definition) is 1. The van der Waals surface area contributed by atoms with Crippen molar-refractivity contribution in [3.05, 3.63) is 38.8 Å². The minimum Gasteiger partial charge on any atom is -0.464 e. The lowest BCUT2D eigenvalue weighted by Crippen LogP contribution is -2.44. The van der Waals surface area contributed by atoms with Crippen molar-refractivity contribution in [1.29, 1.82) is 0 Å². The Bertz CT molecular complexity index is 864. The Morgan fingerprint density at radius 2 is 1.92 bits per heavy atom. The molecular weight excluding hydrogens is 310 g/mol. The van der Waals surface area contributed by atoms with Crippen molar-refractivity contribution in [3.8, 4) is 0 Å². The van der Waals surface area contributed by atoms with Gasteiger partial charge in [0.2, 0.25) is 0 Å². The number of ether oxygens (including phenoxy) is 1. The van der Waals surface area contributed by atoms with E-state index in [0.717, 1.165) is 4.57 Å². The molecule has 2 aromatic rings. The van der Waals surface area contributed by atoms with Crippen molar-refractivity contribution in [2.45, 2.75) is 40.7 Å². The van der Waals surface area contributed by atoms with Gasteiger partial charge in [-0.25, -0.2) is 14.2 Å². The lowest BCUT2D eigenvalue weighted by atomic mass is 10.0. The molecule has 0 bridgehead atoms. The maximum Gasteiger partial charge on any atom is 0.329 e. The number of aryl methyl sites for hydroxylation is 1. The molecule has 2 rings (SSSR count). The van der Waals surface area contributed by atoms with Crippen LogP contribution in [0.15, 0.2) is 22.0 Å². The van der Waals surface area contributed by atoms with Gasteiger partial charge in [0.1, 0.15) is 6.04 Å². The highest BCUT2D eigenvalue weighted by Gasteiger charge is 2.29. The topological polar surface area (TPSA) is 94.1 Å². The van der Waals surface area contributed by atoms with Crippen LogP contribution in [0.25, 0.3) is 10.9 Å². The van der Waals surface area contributed by atoms with Gasteiger partial charge in [-0.2, -0.15) is 0 Å². The molecule has 0 aromatic carbocycles. The van der Waals surface area contributed by atoms with Crippen LogP contribution in [0.4, 0.5) is 0 Å². The summed E-state index contributed by atoms with van der Waals surface area (Å²) in [4.78, 5) is 44.4. The molecule has 24 heavy (non-hydrogen) atoms. The van der Waals surface area contributed by atoms with E-state index in [9.17, 15) is 14.4 Å². The van der Waals surface area contributed by atoms with E-state index in [1.165, 1.54) is 6.20 Å². The summed E-state index contributed by atoms with van der Waals surface area (Å²) in [6, 6.07) is -0.975. The summed E-state index contributed by atoms with van der Waals surface area (Å²) in [7, 11) is 0. The molecule has 0 amide bonds. The second-order valence-electron chi connectivity index (χ2n) is 6.70. The molecule has 1 N–H and O–H groups in total. The van der Waals surface area contributed by atoms with E-state index < -0.39 is 23.3 Å². The van der Waals surface area contributed by atoms with E-state index >= 15 is 0 Å². The molecule has 0 aliphatic heterocycles. The quantitative estimate of drug-likeness (QED) is 0.842. The lowest BCUT2D eigenvalue weighted by molar-refractivity contribution is -0.150. The number of esters is 1. The third kappa shape index (κ3) is 3.39. The lowest BCUT2D eigenvalue weighted by Gasteiger charge is -2.22. The van der Waals surface area contributed by atoms with Crippen LogP contribution in [0.3, 0.4) is 0 Å². The normalized spacial score (nSPS) is 12.8. The Morgan fingerprint density at radius 1 is 1.25 bits per heavy atom. The Hall–Kier alpha value is -2.44. The van der Waals surface area contributed by atoms with Crippen LogP contribution in [0.2, 0.25) is 0 Å². The summed E-state index contributed by atoms with van der Waals surface area (Å²) >= 11 is 0. The zero-order valence-electron chi connectivity index (χ0n) is 14.6. The Balaban J connectivity index is 2.63. The molecule has 0 unspecified atom stereocenters. The first-order valence-corrected chi connectivity index (χ1v) is 7.99. The predicted octanol–water partition coefficient (Wildman–Crippen LogP) is 1.79. The van der Waals surface area contributed by atoms with Gasteiger partial charge in [-0.05, 0) is 24.3 Å². The third-order valence-electron chi connectivity index (χ3n) is 3.74. The van der Waals surface area contributed by atoms with E-state index in [4.69, 9.17) is 4.74 Å². The number of hydrogen-bond acceptors (Lipinski definition) is 5. The minimum atomic E-state index is -0.975. The van der Waals surface area contributed by atoms with Gasteiger partial charge in [0.15, 0.2) is 0 Å². The number of rotatable bonds is 5. The number of aromatic amines is 1. The number of nitrogens with one attached hydrogen (secondary N) is 1. The highest BCUT2D eigenvalue weighted by atomic mass is 16.5. The van der Waals surface area contributed by atoms with Gasteiger partial charge < -0.3 is 9.72 Å². The summed E-state index contributed by atoms with van der Waals surface area (Å²) in [6.45, 7) is 9.37. The molecule has 0 radical (unpaired) electrons. The zero-order valence-corrected chi connectivity index (χ0v) is 14.6. The SMILES string of the molecule is Cc1cncc2[nH]c(=O)n([C@H](C(=O)OCC(C)C)C(C)C)c(=O)c12. The molecule has 0 fully saturated rings. The Morgan fingerprint density at radius 3 is 2.50 bits per heavy atom. The summed E-state index contributed by atoms with van der Waals surface area (Å²) in [5.74, 6) is -0.679. The van der Waals surface area contributed by atoms with Crippen LogP contribution in [0.5, 0.6) is 0 Å². The molecule has 7 heteroatoms. The second-order valence-corrected chi connectivity index (χ2v) is 6.70.